The molecular weight excluding hydrogens is 244 g/mol. The van der Waals surface area contributed by atoms with Gasteiger partial charge in [0.15, 0.2) is 0 Å². The molecule has 1 aromatic rings. The van der Waals surface area contributed by atoms with Gasteiger partial charge in [-0.05, 0) is 42.5 Å². The van der Waals surface area contributed by atoms with Gasteiger partial charge >= 0.3 is 0 Å². The molecule has 1 rings (SSSR count). The van der Waals surface area contributed by atoms with Crippen LogP contribution in [0.3, 0.4) is 0 Å². The van der Waals surface area contributed by atoms with E-state index in [4.69, 9.17) is 5.73 Å². The van der Waals surface area contributed by atoms with Gasteiger partial charge in [0.05, 0.1) is 5.92 Å². The van der Waals surface area contributed by atoms with Crippen molar-refractivity contribution in [3.05, 3.63) is 29.8 Å². The largest absolute Gasteiger partial charge is 0.399 e. The SMILES string of the molecule is CSCC(C)CNC(=O)C(C)c1cccc(N)c1. The van der Waals surface area contributed by atoms with Crippen LogP contribution in [0, 0.1) is 5.92 Å². The van der Waals surface area contributed by atoms with E-state index in [1.807, 2.05) is 31.2 Å². The van der Waals surface area contributed by atoms with Crippen LogP contribution < -0.4 is 11.1 Å². The van der Waals surface area contributed by atoms with Crippen molar-refractivity contribution in [1.82, 2.24) is 5.32 Å². The summed E-state index contributed by atoms with van der Waals surface area (Å²) < 4.78 is 0. The van der Waals surface area contributed by atoms with Crippen molar-refractivity contribution in [1.29, 1.82) is 0 Å². The van der Waals surface area contributed by atoms with E-state index in [0.717, 1.165) is 17.9 Å². The molecule has 2 unspecified atom stereocenters. The Morgan fingerprint density at radius 3 is 2.78 bits per heavy atom. The molecule has 0 spiro atoms. The Morgan fingerprint density at radius 1 is 1.44 bits per heavy atom. The van der Waals surface area contributed by atoms with Gasteiger partial charge in [0, 0.05) is 12.2 Å². The third kappa shape index (κ3) is 4.61. The van der Waals surface area contributed by atoms with Gasteiger partial charge in [-0.15, -0.1) is 0 Å². The maximum atomic E-state index is 12.0. The molecule has 3 nitrogen and oxygen atoms in total. The Balaban J connectivity index is 2.51. The molecule has 0 radical (unpaired) electrons. The van der Waals surface area contributed by atoms with Crippen LogP contribution in [-0.4, -0.2) is 24.5 Å². The van der Waals surface area contributed by atoms with E-state index in [9.17, 15) is 4.79 Å². The quantitative estimate of drug-likeness (QED) is 0.778. The van der Waals surface area contributed by atoms with Crippen molar-refractivity contribution in [2.24, 2.45) is 5.92 Å². The van der Waals surface area contributed by atoms with Gasteiger partial charge in [-0.3, -0.25) is 4.79 Å². The number of hydrogen-bond acceptors (Lipinski definition) is 3. The first-order chi connectivity index (χ1) is 8.54. The minimum absolute atomic E-state index is 0.0635. The lowest BCUT2D eigenvalue weighted by Gasteiger charge is -2.15. The third-order valence-corrected chi connectivity index (χ3v) is 3.78. The second-order valence-electron chi connectivity index (χ2n) is 4.70. The van der Waals surface area contributed by atoms with E-state index in [1.165, 1.54) is 0 Å². The van der Waals surface area contributed by atoms with Crippen LogP contribution in [-0.2, 0) is 4.79 Å². The lowest BCUT2D eigenvalue weighted by atomic mass is 9.99. The summed E-state index contributed by atoms with van der Waals surface area (Å²) in [6.45, 7) is 4.78. The zero-order valence-electron chi connectivity index (χ0n) is 11.3. The molecule has 0 fully saturated rings. The van der Waals surface area contributed by atoms with E-state index in [1.54, 1.807) is 11.8 Å². The molecule has 18 heavy (non-hydrogen) atoms. The molecule has 100 valence electrons. The molecule has 0 heterocycles. The van der Waals surface area contributed by atoms with Gasteiger partial charge in [0.1, 0.15) is 0 Å². The highest BCUT2D eigenvalue weighted by Crippen LogP contribution is 2.17. The molecule has 1 amide bonds. The fourth-order valence-corrected chi connectivity index (χ4v) is 2.44. The second kappa shape index (κ2) is 7.31. The topological polar surface area (TPSA) is 55.1 Å². The van der Waals surface area contributed by atoms with Gasteiger partial charge in [-0.25, -0.2) is 0 Å². The zero-order chi connectivity index (χ0) is 13.5. The number of amides is 1. The fourth-order valence-electron chi connectivity index (χ4n) is 1.75. The Bertz CT molecular complexity index is 395. The Labute approximate surface area is 114 Å². The van der Waals surface area contributed by atoms with E-state index < -0.39 is 0 Å². The van der Waals surface area contributed by atoms with Crippen molar-refractivity contribution < 1.29 is 4.79 Å². The highest BCUT2D eigenvalue weighted by Gasteiger charge is 2.15. The van der Waals surface area contributed by atoms with Crippen molar-refractivity contribution in [3.8, 4) is 0 Å². The summed E-state index contributed by atoms with van der Waals surface area (Å²) in [4.78, 5) is 12.0. The predicted molar refractivity (Wildman–Crippen MR) is 79.8 cm³/mol. The van der Waals surface area contributed by atoms with Crippen LogP contribution in [0.5, 0.6) is 0 Å². The Morgan fingerprint density at radius 2 is 2.17 bits per heavy atom. The average Bonchev–Trinajstić information content (AvgIpc) is 2.35. The third-order valence-electron chi connectivity index (χ3n) is 2.88. The number of rotatable bonds is 6. The number of hydrogen-bond donors (Lipinski definition) is 2. The standard InChI is InChI=1S/C14H22N2OS/c1-10(9-18-3)8-16-14(17)11(2)12-5-4-6-13(15)7-12/h4-7,10-11H,8-9,15H2,1-3H3,(H,16,17). The lowest BCUT2D eigenvalue weighted by Crippen LogP contribution is -2.32. The van der Waals surface area contributed by atoms with E-state index in [0.29, 0.717) is 11.6 Å². The molecule has 2 atom stereocenters. The van der Waals surface area contributed by atoms with E-state index in [2.05, 4.69) is 18.5 Å². The zero-order valence-corrected chi connectivity index (χ0v) is 12.1. The van der Waals surface area contributed by atoms with Crippen molar-refractivity contribution in [2.75, 3.05) is 24.3 Å². The molecule has 0 aliphatic heterocycles. The van der Waals surface area contributed by atoms with Gasteiger partial charge in [0.25, 0.3) is 0 Å². The summed E-state index contributed by atoms with van der Waals surface area (Å²) in [7, 11) is 0. The van der Waals surface area contributed by atoms with Crippen LogP contribution >= 0.6 is 11.8 Å². The average molecular weight is 266 g/mol. The second-order valence-corrected chi connectivity index (χ2v) is 5.61. The maximum Gasteiger partial charge on any atom is 0.227 e. The first-order valence-electron chi connectivity index (χ1n) is 6.16. The first kappa shape index (κ1) is 14.9. The number of carbonyl (C=O) groups excluding carboxylic acids is 1. The monoisotopic (exact) mass is 266 g/mol. The minimum Gasteiger partial charge on any atom is -0.399 e. The summed E-state index contributed by atoms with van der Waals surface area (Å²) in [5, 5.41) is 2.99. The number of nitrogen functional groups attached to an aromatic ring is 1. The molecule has 3 N–H and O–H groups in total. The molecule has 0 aliphatic carbocycles. The smallest absolute Gasteiger partial charge is 0.227 e. The molecule has 1 aromatic carbocycles. The Hall–Kier alpha value is -1.16. The Kier molecular flexibility index (Phi) is 6.05. The summed E-state index contributed by atoms with van der Waals surface area (Å²) in [6, 6.07) is 7.50. The molecule has 0 saturated carbocycles. The summed E-state index contributed by atoms with van der Waals surface area (Å²) in [6.07, 6.45) is 2.08. The first-order valence-corrected chi connectivity index (χ1v) is 7.56. The van der Waals surface area contributed by atoms with E-state index >= 15 is 0 Å². The molecule has 0 bridgehead atoms. The van der Waals surface area contributed by atoms with E-state index in [-0.39, 0.29) is 11.8 Å². The predicted octanol–water partition coefficient (Wildman–Crippen LogP) is 2.49. The molecule has 0 aliphatic rings. The van der Waals surface area contributed by atoms with Crippen LogP contribution in [0.25, 0.3) is 0 Å². The van der Waals surface area contributed by atoms with Gasteiger partial charge in [0.2, 0.25) is 5.91 Å². The number of anilines is 1. The number of thioether (sulfide) groups is 1. The number of nitrogens with two attached hydrogens (primary N) is 1. The van der Waals surface area contributed by atoms with Crippen LogP contribution in [0.2, 0.25) is 0 Å². The van der Waals surface area contributed by atoms with Crippen molar-refractivity contribution >= 4 is 23.4 Å². The van der Waals surface area contributed by atoms with Crippen molar-refractivity contribution in [2.45, 2.75) is 19.8 Å². The summed E-state index contributed by atoms with van der Waals surface area (Å²) in [5.74, 6) is 1.47. The van der Waals surface area contributed by atoms with Gasteiger partial charge in [-0.1, -0.05) is 19.1 Å². The van der Waals surface area contributed by atoms with Crippen LogP contribution in [0.1, 0.15) is 25.3 Å². The lowest BCUT2D eigenvalue weighted by molar-refractivity contribution is -0.122. The fraction of sp³-hybridized carbons (Fsp3) is 0.500. The number of carbonyl (C=O) groups is 1. The minimum atomic E-state index is -0.157. The van der Waals surface area contributed by atoms with Crippen LogP contribution in [0.4, 0.5) is 5.69 Å². The molecular formula is C14H22N2OS. The highest BCUT2D eigenvalue weighted by atomic mass is 32.2. The molecule has 0 saturated heterocycles. The maximum absolute atomic E-state index is 12.0. The van der Waals surface area contributed by atoms with Gasteiger partial charge < -0.3 is 11.1 Å². The van der Waals surface area contributed by atoms with Gasteiger partial charge in [-0.2, -0.15) is 11.8 Å². The van der Waals surface area contributed by atoms with Crippen molar-refractivity contribution in [3.63, 3.8) is 0 Å². The molecule has 4 heteroatoms. The van der Waals surface area contributed by atoms with Crippen LogP contribution in [0.15, 0.2) is 24.3 Å². The normalized spacial score (nSPS) is 13.9. The number of nitrogens with one attached hydrogen (secondary N) is 1. The summed E-state index contributed by atoms with van der Waals surface area (Å²) in [5.41, 5.74) is 7.38. The molecule has 0 aromatic heterocycles. The highest BCUT2D eigenvalue weighted by molar-refractivity contribution is 7.98. The number of benzene rings is 1. The summed E-state index contributed by atoms with van der Waals surface area (Å²) >= 11 is 1.80.